The molecule has 1 unspecified atom stereocenters. The number of morpholine rings is 1. The fourth-order valence-corrected chi connectivity index (χ4v) is 2.10. The van der Waals surface area contributed by atoms with Crippen molar-refractivity contribution in [1.29, 1.82) is 0 Å². The molecule has 2 rings (SSSR count). The summed E-state index contributed by atoms with van der Waals surface area (Å²) in [5.41, 5.74) is 6.43. The van der Waals surface area contributed by atoms with Crippen molar-refractivity contribution in [2.24, 2.45) is 10.9 Å². The molecule has 1 heterocycles. The van der Waals surface area contributed by atoms with Gasteiger partial charge < -0.3 is 25.3 Å². The van der Waals surface area contributed by atoms with Gasteiger partial charge in [0.25, 0.3) is 0 Å². The molecule has 1 atom stereocenters. The Balaban J connectivity index is 1.81. The molecular weight excluding hydrogens is 258 g/mol. The van der Waals surface area contributed by atoms with Crippen LogP contribution in [0.15, 0.2) is 29.4 Å². The van der Waals surface area contributed by atoms with E-state index in [4.69, 9.17) is 20.4 Å². The van der Waals surface area contributed by atoms with Gasteiger partial charge >= 0.3 is 0 Å². The van der Waals surface area contributed by atoms with E-state index in [1.54, 1.807) is 0 Å². The molecule has 6 heteroatoms. The molecule has 0 aromatic heterocycles. The van der Waals surface area contributed by atoms with E-state index in [2.05, 4.69) is 17.1 Å². The van der Waals surface area contributed by atoms with Gasteiger partial charge in [-0.1, -0.05) is 17.3 Å². The van der Waals surface area contributed by atoms with E-state index < -0.39 is 0 Å². The monoisotopic (exact) mass is 279 g/mol. The third kappa shape index (κ3) is 4.40. The Labute approximate surface area is 118 Å². The molecule has 1 aromatic carbocycles. The summed E-state index contributed by atoms with van der Waals surface area (Å²) < 4.78 is 11.4. The Kier molecular flexibility index (Phi) is 5.20. The average Bonchev–Trinajstić information content (AvgIpc) is 2.46. The third-order valence-corrected chi connectivity index (χ3v) is 3.21. The minimum atomic E-state index is 0.116. The predicted octanol–water partition coefficient (Wildman–Crippen LogP) is 0.685. The summed E-state index contributed by atoms with van der Waals surface area (Å²) in [5, 5.41) is 11.5. The first-order valence-corrected chi connectivity index (χ1v) is 6.65. The van der Waals surface area contributed by atoms with Gasteiger partial charge in [-0.05, 0) is 24.7 Å². The van der Waals surface area contributed by atoms with Gasteiger partial charge in [-0.25, -0.2) is 0 Å². The van der Waals surface area contributed by atoms with Crippen LogP contribution >= 0.6 is 0 Å². The maximum atomic E-state index is 8.52. The number of rotatable bonds is 5. The van der Waals surface area contributed by atoms with E-state index >= 15 is 0 Å². The summed E-state index contributed by atoms with van der Waals surface area (Å²) in [6, 6.07) is 7.57. The number of hydrogen-bond donors (Lipinski definition) is 2. The zero-order valence-corrected chi connectivity index (χ0v) is 11.7. The molecule has 0 spiro atoms. The molecule has 3 N–H and O–H groups in total. The lowest BCUT2D eigenvalue weighted by atomic mass is 10.1. The second-order valence-electron chi connectivity index (χ2n) is 4.98. The Morgan fingerprint density at radius 1 is 1.50 bits per heavy atom. The van der Waals surface area contributed by atoms with E-state index in [1.165, 1.54) is 0 Å². The summed E-state index contributed by atoms with van der Waals surface area (Å²) in [4.78, 5) is 2.23. The lowest BCUT2D eigenvalue weighted by Crippen LogP contribution is -2.42. The second kappa shape index (κ2) is 7.12. The van der Waals surface area contributed by atoms with Gasteiger partial charge in [0.05, 0.1) is 6.61 Å². The van der Waals surface area contributed by atoms with Crippen molar-refractivity contribution < 1.29 is 14.7 Å². The van der Waals surface area contributed by atoms with E-state index in [0.717, 1.165) is 31.0 Å². The molecular formula is C14H21N3O3. The summed E-state index contributed by atoms with van der Waals surface area (Å²) in [6.45, 7) is 3.16. The standard InChI is InChI=1S/C14H21N3O3/c1-17-6-7-19-13(9-17)10-20-12-4-2-11(3-5-12)8-14(15)16-18/h2-5,13,18H,6-10H2,1H3,(H2,15,16). The molecule has 0 radical (unpaired) electrons. The smallest absolute Gasteiger partial charge is 0.143 e. The average molecular weight is 279 g/mol. The molecule has 1 saturated heterocycles. The number of benzene rings is 1. The molecule has 0 aliphatic carbocycles. The number of ether oxygens (including phenoxy) is 2. The molecule has 20 heavy (non-hydrogen) atoms. The molecule has 0 amide bonds. The van der Waals surface area contributed by atoms with Gasteiger partial charge in [0.1, 0.15) is 24.3 Å². The fraction of sp³-hybridized carbons (Fsp3) is 0.500. The van der Waals surface area contributed by atoms with Crippen LogP contribution in [0, 0.1) is 0 Å². The summed E-state index contributed by atoms with van der Waals surface area (Å²) in [7, 11) is 2.08. The number of nitrogens with two attached hydrogens (primary N) is 1. The van der Waals surface area contributed by atoms with Crippen LogP contribution in [0.25, 0.3) is 0 Å². The lowest BCUT2D eigenvalue weighted by molar-refractivity contribution is -0.0403. The minimum Gasteiger partial charge on any atom is -0.491 e. The van der Waals surface area contributed by atoms with E-state index in [9.17, 15) is 0 Å². The summed E-state index contributed by atoms with van der Waals surface area (Å²) in [6.07, 6.45) is 0.540. The topological polar surface area (TPSA) is 80.3 Å². The van der Waals surface area contributed by atoms with Crippen molar-refractivity contribution in [2.45, 2.75) is 12.5 Å². The lowest BCUT2D eigenvalue weighted by Gasteiger charge is -2.29. The van der Waals surface area contributed by atoms with Gasteiger partial charge in [0.15, 0.2) is 0 Å². The molecule has 110 valence electrons. The zero-order chi connectivity index (χ0) is 14.4. The van der Waals surface area contributed by atoms with E-state index in [0.29, 0.717) is 13.0 Å². The van der Waals surface area contributed by atoms with Crippen molar-refractivity contribution in [3.8, 4) is 5.75 Å². The highest BCUT2D eigenvalue weighted by atomic mass is 16.5. The molecule has 0 saturated carbocycles. The molecule has 6 nitrogen and oxygen atoms in total. The van der Waals surface area contributed by atoms with Crippen molar-refractivity contribution in [2.75, 3.05) is 33.4 Å². The normalized spacial score (nSPS) is 20.9. The Morgan fingerprint density at radius 3 is 2.90 bits per heavy atom. The van der Waals surface area contributed by atoms with Gasteiger partial charge in [0, 0.05) is 19.5 Å². The second-order valence-corrected chi connectivity index (χ2v) is 4.98. The summed E-state index contributed by atoms with van der Waals surface area (Å²) in [5.74, 6) is 0.988. The Morgan fingerprint density at radius 2 is 2.25 bits per heavy atom. The quantitative estimate of drug-likeness (QED) is 0.359. The molecule has 1 aliphatic rings. The van der Waals surface area contributed by atoms with Crippen LogP contribution in [0.5, 0.6) is 5.75 Å². The highest BCUT2D eigenvalue weighted by Crippen LogP contribution is 2.14. The molecule has 1 fully saturated rings. The van der Waals surface area contributed by atoms with Gasteiger partial charge in [-0.2, -0.15) is 0 Å². The van der Waals surface area contributed by atoms with Crippen molar-refractivity contribution in [3.63, 3.8) is 0 Å². The maximum absolute atomic E-state index is 8.52. The van der Waals surface area contributed by atoms with Crippen LogP contribution in [0.1, 0.15) is 5.56 Å². The Bertz CT molecular complexity index is 447. The van der Waals surface area contributed by atoms with Gasteiger partial charge in [-0.15, -0.1) is 0 Å². The maximum Gasteiger partial charge on any atom is 0.143 e. The highest BCUT2D eigenvalue weighted by molar-refractivity contribution is 5.82. The Hall–Kier alpha value is -1.79. The van der Waals surface area contributed by atoms with Crippen LogP contribution in [0.4, 0.5) is 0 Å². The number of nitrogens with zero attached hydrogens (tertiary/aromatic N) is 2. The largest absolute Gasteiger partial charge is 0.491 e. The van der Waals surface area contributed by atoms with Crippen molar-refractivity contribution in [1.82, 2.24) is 4.90 Å². The first-order chi connectivity index (χ1) is 9.67. The molecule has 1 aromatic rings. The third-order valence-electron chi connectivity index (χ3n) is 3.21. The van der Waals surface area contributed by atoms with E-state index in [-0.39, 0.29) is 11.9 Å². The van der Waals surface area contributed by atoms with Gasteiger partial charge in [-0.3, -0.25) is 0 Å². The van der Waals surface area contributed by atoms with E-state index in [1.807, 2.05) is 24.3 Å². The predicted molar refractivity (Wildman–Crippen MR) is 76.3 cm³/mol. The highest BCUT2D eigenvalue weighted by Gasteiger charge is 2.18. The summed E-state index contributed by atoms with van der Waals surface area (Å²) >= 11 is 0. The number of likely N-dealkylation sites (N-methyl/N-ethyl adjacent to an activating group) is 1. The van der Waals surface area contributed by atoms with Gasteiger partial charge in [0.2, 0.25) is 0 Å². The van der Waals surface area contributed by atoms with Crippen LogP contribution < -0.4 is 10.5 Å². The van der Waals surface area contributed by atoms with Crippen LogP contribution in [0.3, 0.4) is 0 Å². The number of oxime groups is 1. The number of amidine groups is 1. The van der Waals surface area contributed by atoms with Crippen molar-refractivity contribution in [3.05, 3.63) is 29.8 Å². The molecule has 0 bridgehead atoms. The van der Waals surface area contributed by atoms with Crippen LogP contribution in [-0.4, -0.2) is 55.4 Å². The van der Waals surface area contributed by atoms with Crippen molar-refractivity contribution >= 4 is 5.84 Å². The molecule has 1 aliphatic heterocycles. The SMILES string of the molecule is CN1CCOC(COc2ccc(CC(N)=NO)cc2)C1. The number of hydrogen-bond acceptors (Lipinski definition) is 5. The minimum absolute atomic E-state index is 0.116. The fourth-order valence-electron chi connectivity index (χ4n) is 2.10. The zero-order valence-electron chi connectivity index (χ0n) is 11.7. The van der Waals surface area contributed by atoms with Crippen LogP contribution in [0.2, 0.25) is 0 Å². The first kappa shape index (κ1) is 14.6. The van der Waals surface area contributed by atoms with Crippen LogP contribution in [-0.2, 0) is 11.2 Å². The first-order valence-electron chi connectivity index (χ1n) is 6.65.